The van der Waals surface area contributed by atoms with Gasteiger partial charge in [-0.1, -0.05) is 24.3 Å². The van der Waals surface area contributed by atoms with E-state index in [9.17, 15) is 9.90 Å². The van der Waals surface area contributed by atoms with Gasteiger partial charge in [-0.3, -0.25) is 10.1 Å². The molecule has 0 bridgehead atoms. The van der Waals surface area contributed by atoms with Crippen LogP contribution in [-0.4, -0.2) is 26.3 Å². The van der Waals surface area contributed by atoms with Gasteiger partial charge in [0.1, 0.15) is 17.9 Å². The minimum Gasteiger partial charge on any atom is -0.489 e. The molecule has 0 radical (unpaired) electrons. The summed E-state index contributed by atoms with van der Waals surface area (Å²) in [5.41, 5.74) is 1.76. The Kier molecular flexibility index (Phi) is 3.82. The summed E-state index contributed by atoms with van der Waals surface area (Å²) in [6, 6.07) is 13.0. The molecular weight excluding hydrogens is 282 g/mol. The molecule has 0 saturated carbocycles. The van der Waals surface area contributed by atoms with E-state index in [1.54, 1.807) is 12.3 Å². The van der Waals surface area contributed by atoms with Gasteiger partial charge in [-0.05, 0) is 18.2 Å². The molecule has 0 aliphatic rings. The van der Waals surface area contributed by atoms with Crippen LogP contribution < -0.4 is 4.74 Å². The first-order chi connectivity index (χ1) is 10.8. The van der Waals surface area contributed by atoms with Crippen molar-refractivity contribution in [2.24, 2.45) is 0 Å². The summed E-state index contributed by atoms with van der Waals surface area (Å²) in [5.74, 6) is -0.315. The van der Waals surface area contributed by atoms with Crippen LogP contribution in [0.4, 0.5) is 0 Å². The zero-order chi connectivity index (χ0) is 15.4. The first kappa shape index (κ1) is 13.8. The maximum atomic E-state index is 11.2. The first-order valence-electron chi connectivity index (χ1n) is 6.64. The number of hydrogen-bond donors (Lipinski definition) is 2. The Morgan fingerprint density at radius 1 is 1.18 bits per heavy atom. The van der Waals surface area contributed by atoms with E-state index in [1.807, 2.05) is 36.4 Å². The number of aromatic carboxylic acids is 1. The lowest BCUT2D eigenvalue weighted by molar-refractivity contribution is 0.0697. The second-order valence-corrected chi connectivity index (χ2v) is 4.58. The third-order valence-electron chi connectivity index (χ3n) is 3.14. The molecule has 22 heavy (non-hydrogen) atoms. The number of carbonyl (C=O) groups is 1. The van der Waals surface area contributed by atoms with Crippen molar-refractivity contribution >= 4 is 5.97 Å². The van der Waals surface area contributed by atoms with Crippen LogP contribution in [0, 0.1) is 0 Å². The topological polar surface area (TPSA) is 88.1 Å². The first-order valence-corrected chi connectivity index (χ1v) is 6.64. The Bertz CT molecular complexity index is 784. The molecule has 2 heterocycles. The number of nitrogens with zero attached hydrogens (tertiary/aromatic N) is 2. The number of carboxylic acids is 1. The number of aromatic nitrogens is 3. The molecule has 2 aromatic heterocycles. The van der Waals surface area contributed by atoms with E-state index < -0.39 is 5.97 Å². The second kappa shape index (κ2) is 6.09. The zero-order valence-corrected chi connectivity index (χ0v) is 11.6. The predicted octanol–water partition coefficient (Wildman–Crippen LogP) is 2.75. The molecule has 2 N–H and O–H groups in total. The quantitative estimate of drug-likeness (QED) is 0.755. The lowest BCUT2D eigenvalue weighted by Gasteiger charge is -2.09. The Hall–Kier alpha value is -3.15. The minimum absolute atomic E-state index is 0.0830. The average Bonchev–Trinajstić information content (AvgIpc) is 3.04. The number of para-hydroxylation sites is 1. The van der Waals surface area contributed by atoms with Crippen molar-refractivity contribution in [2.75, 3.05) is 0 Å². The number of benzene rings is 1. The average molecular weight is 295 g/mol. The molecule has 3 aromatic rings. The maximum absolute atomic E-state index is 11.2. The molecule has 0 aliphatic carbocycles. The van der Waals surface area contributed by atoms with Gasteiger partial charge in [0.25, 0.3) is 0 Å². The number of rotatable bonds is 5. The lowest BCUT2D eigenvalue weighted by atomic mass is 10.1. The molecule has 110 valence electrons. The molecule has 0 fully saturated rings. The fourth-order valence-corrected chi connectivity index (χ4v) is 2.09. The summed E-state index contributed by atoms with van der Waals surface area (Å²) in [6.07, 6.45) is 2.88. The van der Waals surface area contributed by atoms with Crippen molar-refractivity contribution in [2.45, 2.75) is 6.61 Å². The van der Waals surface area contributed by atoms with Crippen molar-refractivity contribution in [1.29, 1.82) is 0 Å². The van der Waals surface area contributed by atoms with E-state index in [0.717, 1.165) is 11.3 Å². The summed E-state index contributed by atoms with van der Waals surface area (Å²) in [7, 11) is 0. The molecule has 3 rings (SSSR count). The summed E-state index contributed by atoms with van der Waals surface area (Å²) < 4.78 is 5.71. The predicted molar refractivity (Wildman–Crippen MR) is 79.6 cm³/mol. The molecule has 0 unspecified atom stereocenters. The van der Waals surface area contributed by atoms with Crippen LogP contribution in [0.1, 0.15) is 15.9 Å². The highest BCUT2D eigenvalue weighted by molar-refractivity contribution is 5.94. The number of pyridine rings is 1. The molecule has 0 amide bonds. The van der Waals surface area contributed by atoms with Crippen LogP contribution in [0.15, 0.2) is 54.9 Å². The van der Waals surface area contributed by atoms with Gasteiger partial charge in [0, 0.05) is 11.8 Å². The fourth-order valence-electron chi connectivity index (χ4n) is 2.09. The molecule has 0 atom stereocenters. The van der Waals surface area contributed by atoms with Crippen LogP contribution in [0.5, 0.6) is 5.75 Å². The van der Waals surface area contributed by atoms with E-state index in [1.165, 1.54) is 6.20 Å². The van der Waals surface area contributed by atoms with Gasteiger partial charge < -0.3 is 9.84 Å². The third kappa shape index (κ3) is 2.80. The summed E-state index contributed by atoms with van der Waals surface area (Å²) >= 11 is 0. The van der Waals surface area contributed by atoms with Crippen LogP contribution in [0.25, 0.3) is 11.4 Å². The van der Waals surface area contributed by atoms with Gasteiger partial charge in [0.2, 0.25) is 0 Å². The summed E-state index contributed by atoms with van der Waals surface area (Å²) in [6.45, 7) is 0.283. The van der Waals surface area contributed by atoms with Gasteiger partial charge in [0.05, 0.1) is 17.6 Å². The van der Waals surface area contributed by atoms with Gasteiger partial charge in [-0.25, -0.2) is 4.79 Å². The number of ether oxygens (including phenoxy) is 1. The highest BCUT2D eigenvalue weighted by Gasteiger charge is 2.17. The van der Waals surface area contributed by atoms with Crippen molar-refractivity contribution in [3.63, 3.8) is 0 Å². The maximum Gasteiger partial charge on any atom is 0.339 e. The minimum atomic E-state index is -1.05. The summed E-state index contributed by atoms with van der Waals surface area (Å²) in [5, 5.41) is 15.7. The smallest absolute Gasteiger partial charge is 0.339 e. The number of aromatic amines is 1. The molecule has 1 aromatic carbocycles. The number of H-pyrrole nitrogens is 1. The van der Waals surface area contributed by atoms with Gasteiger partial charge >= 0.3 is 5.97 Å². The normalized spacial score (nSPS) is 10.4. The zero-order valence-electron chi connectivity index (χ0n) is 11.6. The molecule has 0 aliphatic heterocycles. The lowest BCUT2D eigenvalue weighted by Crippen LogP contribution is -2.03. The van der Waals surface area contributed by atoms with Crippen molar-refractivity contribution < 1.29 is 14.6 Å². The van der Waals surface area contributed by atoms with Crippen LogP contribution >= 0.6 is 0 Å². The van der Waals surface area contributed by atoms with E-state index in [2.05, 4.69) is 15.2 Å². The Labute approximate surface area is 126 Å². The molecule has 6 nitrogen and oxygen atoms in total. The standard InChI is InChI=1S/C16H13N3O3/c20-16(21)13-9-18-19-15(13)14-11(5-4-8-17-14)10-22-12-6-2-1-3-7-12/h1-9H,10H2,(H,18,19)(H,20,21). The van der Waals surface area contributed by atoms with E-state index in [4.69, 9.17) is 4.74 Å². The molecule has 0 spiro atoms. The van der Waals surface area contributed by atoms with Crippen molar-refractivity contribution in [1.82, 2.24) is 15.2 Å². The number of nitrogens with one attached hydrogen (secondary N) is 1. The molecular formula is C16H13N3O3. The SMILES string of the molecule is O=C(O)c1cn[nH]c1-c1ncccc1COc1ccccc1. The Morgan fingerprint density at radius 2 is 2.00 bits per heavy atom. The summed E-state index contributed by atoms with van der Waals surface area (Å²) in [4.78, 5) is 15.5. The Balaban J connectivity index is 1.90. The molecule has 0 saturated heterocycles. The van der Waals surface area contributed by atoms with Crippen LogP contribution in [-0.2, 0) is 6.61 Å². The van der Waals surface area contributed by atoms with Gasteiger partial charge in [0.15, 0.2) is 0 Å². The monoisotopic (exact) mass is 295 g/mol. The largest absolute Gasteiger partial charge is 0.489 e. The third-order valence-corrected chi connectivity index (χ3v) is 3.14. The van der Waals surface area contributed by atoms with Crippen molar-refractivity contribution in [3.8, 4) is 17.1 Å². The van der Waals surface area contributed by atoms with Gasteiger partial charge in [-0.15, -0.1) is 0 Å². The highest BCUT2D eigenvalue weighted by atomic mass is 16.5. The Morgan fingerprint density at radius 3 is 2.77 bits per heavy atom. The fraction of sp³-hybridized carbons (Fsp3) is 0.0625. The number of carboxylic acid groups (broad SMARTS) is 1. The number of hydrogen-bond acceptors (Lipinski definition) is 4. The van der Waals surface area contributed by atoms with Crippen molar-refractivity contribution in [3.05, 3.63) is 66.0 Å². The van der Waals surface area contributed by atoms with E-state index in [0.29, 0.717) is 11.4 Å². The highest BCUT2D eigenvalue weighted by Crippen LogP contribution is 2.24. The van der Waals surface area contributed by atoms with Crippen LogP contribution in [0.2, 0.25) is 0 Å². The van der Waals surface area contributed by atoms with E-state index >= 15 is 0 Å². The van der Waals surface area contributed by atoms with Crippen LogP contribution in [0.3, 0.4) is 0 Å². The second-order valence-electron chi connectivity index (χ2n) is 4.58. The van der Waals surface area contributed by atoms with E-state index in [-0.39, 0.29) is 12.2 Å². The molecule has 6 heteroatoms. The van der Waals surface area contributed by atoms with Gasteiger partial charge in [-0.2, -0.15) is 5.10 Å².